The van der Waals surface area contributed by atoms with Crippen molar-refractivity contribution in [2.75, 3.05) is 0 Å². The first-order valence-electron chi connectivity index (χ1n) is 4.56. The molecule has 1 heterocycles. The fraction of sp³-hybridized carbons (Fsp3) is 0.400. The molecular weight excluding hydrogens is 180 g/mol. The van der Waals surface area contributed by atoms with E-state index in [9.17, 15) is 9.90 Å². The maximum atomic E-state index is 11.6. The molecule has 1 saturated carbocycles. The number of nitrogens with one attached hydrogen (secondary N) is 1. The van der Waals surface area contributed by atoms with Gasteiger partial charge in [-0.3, -0.25) is 9.78 Å². The first kappa shape index (κ1) is 8.99. The van der Waals surface area contributed by atoms with E-state index >= 15 is 0 Å². The Morgan fingerprint density at radius 1 is 1.64 bits per heavy atom. The van der Waals surface area contributed by atoms with E-state index < -0.39 is 0 Å². The van der Waals surface area contributed by atoms with Gasteiger partial charge in [-0.2, -0.15) is 0 Å². The fourth-order valence-electron chi connectivity index (χ4n) is 1.23. The fourth-order valence-corrected chi connectivity index (χ4v) is 1.23. The van der Waals surface area contributed by atoms with Crippen molar-refractivity contribution >= 4 is 5.91 Å². The molecule has 1 aliphatic rings. The number of nitrogens with zero attached hydrogens (tertiary/aromatic N) is 1. The third-order valence-electron chi connectivity index (χ3n) is 2.46. The maximum absolute atomic E-state index is 11.6. The smallest absolute Gasteiger partial charge is 0.255 e. The number of pyridine rings is 1. The number of aromatic hydroxyl groups is 1. The quantitative estimate of drug-likeness (QED) is 0.736. The molecule has 1 aromatic rings. The molecule has 1 aliphatic carbocycles. The molecule has 1 aromatic heterocycles. The second kappa shape index (κ2) is 2.97. The predicted molar refractivity (Wildman–Crippen MR) is 51.0 cm³/mol. The van der Waals surface area contributed by atoms with Crippen molar-refractivity contribution in [1.29, 1.82) is 0 Å². The van der Waals surface area contributed by atoms with E-state index in [1.807, 2.05) is 6.92 Å². The van der Waals surface area contributed by atoms with Gasteiger partial charge in [-0.15, -0.1) is 0 Å². The lowest BCUT2D eigenvalue weighted by molar-refractivity contribution is 0.0932. The van der Waals surface area contributed by atoms with Crippen molar-refractivity contribution < 1.29 is 9.90 Å². The molecule has 0 atom stereocenters. The van der Waals surface area contributed by atoms with Crippen LogP contribution in [0.25, 0.3) is 0 Å². The van der Waals surface area contributed by atoms with E-state index in [1.54, 1.807) is 0 Å². The Morgan fingerprint density at radius 2 is 2.36 bits per heavy atom. The summed E-state index contributed by atoms with van der Waals surface area (Å²) in [5.74, 6) is -0.306. The molecule has 4 nitrogen and oxygen atoms in total. The lowest BCUT2D eigenvalue weighted by atomic mass is 10.2. The van der Waals surface area contributed by atoms with E-state index in [2.05, 4.69) is 10.3 Å². The average molecular weight is 192 g/mol. The Kier molecular flexibility index (Phi) is 1.91. The zero-order valence-electron chi connectivity index (χ0n) is 7.95. The van der Waals surface area contributed by atoms with Crippen LogP contribution in [0.3, 0.4) is 0 Å². The zero-order chi connectivity index (χ0) is 10.2. The van der Waals surface area contributed by atoms with E-state index in [0.29, 0.717) is 0 Å². The molecule has 74 valence electrons. The average Bonchev–Trinajstić information content (AvgIpc) is 2.84. The zero-order valence-corrected chi connectivity index (χ0v) is 7.95. The Balaban J connectivity index is 2.15. The van der Waals surface area contributed by atoms with Crippen LogP contribution in [0, 0.1) is 0 Å². The van der Waals surface area contributed by atoms with Crippen molar-refractivity contribution in [3.63, 3.8) is 0 Å². The van der Waals surface area contributed by atoms with E-state index in [-0.39, 0.29) is 22.8 Å². The van der Waals surface area contributed by atoms with E-state index in [4.69, 9.17) is 0 Å². The molecule has 2 N–H and O–H groups in total. The summed E-state index contributed by atoms with van der Waals surface area (Å²) in [5.41, 5.74) is 0.223. The second-order valence-corrected chi connectivity index (χ2v) is 3.91. The van der Waals surface area contributed by atoms with Crippen molar-refractivity contribution in [3.8, 4) is 5.75 Å². The molecule has 1 amide bonds. The number of hydrogen-bond acceptors (Lipinski definition) is 3. The summed E-state index contributed by atoms with van der Waals surface area (Å²) in [5, 5.41) is 12.2. The van der Waals surface area contributed by atoms with Crippen LogP contribution in [0.4, 0.5) is 0 Å². The SMILES string of the molecule is CC1(NC(=O)c2ccncc2O)CC1. The normalized spacial score (nSPS) is 17.5. The molecule has 1 fully saturated rings. The lowest BCUT2D eigenvalue weighted by Crippen LogP contribution is -2.34. The van der Waals surface area contributed by atoms with Crippen LogP contribution in [-0.2, 0) is 0 Å². The third kappa shape index (κ3) is 1.69. The molecular formula is C10H12N2O2. The molecule has 14 heavy (non-hydrogen) atoms. The van der Waals surface area contributed by atoms with Gasteiger partial charge < -0.3 is 10.4 Å². The first-order chi connectivity index (χ1) is 6.61. The minimum atomic E-state index is -0.232. The Morgan fingerprint density at radius 3 is 2.93 bits per heavy atom. The molecule has 0 bridgehead atoms. The van der Waals surface area contributed by atoms with Crippen molar-refractivity contribution in [1.82, 2.24) is 10.3 Å². The van der Waals surface area contributed by atoms with Gasteiger partial charge in [0, 0.05) is 11.7 Å². The summed E-state index contributed by atoms with van der Waals surface area (Å²) in [6.07, 6.45) is 4.77. The topological polar surface area (TPSA) is 62.2 Å². The van der Waals surface area contributed by atoms with E-state index in [0.717, 1.165) is 12.8 Å². The van der Waals surface area contributed by atoms with Gasteiger partial charge in [0.05, 0.1) is 11.8 Å². The summed E-state index contributed by atoms with van der Waals surface area (Å²) in [4.78, 5) is 15.3. The predicted octanol–water partition coefficient (Wildman–Crippen LogP) is 1.07. The Bertz CT molecular complexity index is 372. The molecule has 0 saturated heterocycles. The van der Waals surface area contributed by atoms with Gasteiger partial charge in [0.2, 0.25) is 0 Å². The summed E-state index contributed by atoms with van der Waals surface area (Å²) in [6.45, 7) is 1.99. The Labute approximate surface area is 82.0 Å². The lowest BCUT2D eigenvalue weighted by Gasteiger charge is -2.11. The summed E-state index contributed by atoms with van der Waals surface area (Å²) in [7, 11) is 0. The van der Waals surface area contributed by atoms with Crippen LogP contribution in [0.1, 0.15) is 30.1 Å². The van der Waals surface area contributed by atoms with Crippen LogP contribution < -0.4 is 5.32 Å². The van der Waals surface area contributed by atoms with Crippen LogP contribution in [-0.4, -0.2) is 21.5 Å². The second-order valence-electron chi connectivity index (χ2n) is 3.91. The highest BCUT2D eigenvalue weighted by molar-refractivity contribution is 5.97. The van der Waals surface area contributed by atoms with Crippen molar-refractivity contribution in [2.24, 2.45) is 0 Å². The monoisotopic (exact) mass is 192 g/mol. The standard InChI is InChI=1S/C10H12N2O2/c1-10(3-4-10)12-9(14)7-2-5-11-6-8(7)13/h2,5-6,13H,3-4H2,1H3,(H,12,14). The van der Waals surface area contributed by atoms with Gasteiger partial charge >= 0.3 is 0 Å². The summed E-state index contributed by atoms with van der Waals surface area (Å²) >= 11 is 0. The number of rotatable bonds is 2. The van der Waals surface area contributed by atoms with Crippen molar-refractivity contribution in [2.45, 2.75) is 25.3 Å². The maximum Gasteiger partial charge on any atom is 0.255 e. The highest BCUT2D eigenvalue weighted by Crippen LogP contribution is 2.34. The molecule has 0 aliphatic heterocycles. The van der Waals surface area contributed by atoms with Crippen molar-refractivity contribution in [3.05, 3.63) is 24.0 Å². The molecule has 0 aromatic carbocycles. The van der Waals surface area contributed by atoms with Crippen LogP contribution >= 0.6 is 0 Å². The minimum Gasteiger partial charge on any atom is -0.505 e. The number of hydrogen-bond donors (Lipinski definition) is 2. The molecule has 0 radical (unpaired) electrons. The van der Waals surface area contributed by atoms with Gasteiger partial charge in [-0.05, 0) is 25.8 Å². The summed E-state index contributed by atoms with van der Waals surface area (Å²) < 4.78 is 0. The number of amides is 1. The number of carbonyl (C=O) groups is 1. The highest BCUT2D eigenvalue weighted by Gasteiger charge is 2.39. The third-order valence-corrected chi connectivity index (χ3v) is 2.46. The van der Waals surface area contributed by atoms with Gasteiger partial charge in [0.1, 0.15) is 5.75 Å². The highest BCUT2D eigenvalue weighted by atomic mass is 16.3. The van der Waals surface area contributed by atoms with Crippen LogP contribution in [0.5, 0.6) is 5.75 Å². The largest absolute Gasteiger partial charge is 0.505 e. The molecule has 2 rings (SSSR count). The minimum absolute atomic E-state index is 0.0627. The first-order valence-corrected chi connectivity index (χ1v) is 4.56. The van der Waals surface area contributed by atoms with Gasteiger partial charge in [-0.25, -0.2) is 0 Å². The molecule has 0 spiro atoms. The number of aromatic nitrogens is 1. The van der Waals surface area contributed by atoms with Crippen LogP contribution in [0.2, 0.25) is 0 Å². The molecule has 4 heteroatoms. The number of carbonyl (C=O) groups excluding carboxylic acids is 1. The van der Waals surface area contributed by atoms with Gasteiger partial charge in [0.15, 0.2) is 0 Å². The van der Waals surface area contributed by atoms with E-state index in [1.165, 1.54) is 18.5 Å². The van der Waals surface area contributed by atoms with Gasteiger partial charge in [0.25, 0.3) is 5.91 Å². The van der Waals surface area contributed by atoms with Crippen LogP contribution in [0.15, 0.2) is 18.5 Å². The summed E-state index contributed by atoms with van der Waals surface area (Å²) in [6, 6.07) is 1.51. The van der Waals surface area contributed by atoms with Gasteiger partial charge in [-0.1, -0.05) is 0 Å². The molecule has 0 unspecified atom stereocenters. The Hall–Kier alpha value is -1.58.